The number of aromatic amines is 1. The zero-order valence-corrected chi connectivity index (χ0v) is 9.52. The quantitative estimate of drug-likeness (QED) is 0.787. The number of nitrogens with zero attached hydrogens (tertiary/aromatic N) is 2. The number of aromatic nitrogens is 3. The molecule has 1 aliphatic carbocycles. The molecule has 5 nitrogen and oxygen atoms in total. The van der Waals surface area contributed by atoms with Crippen molar-refractivity contribution in [1.82, 2.24) is 15.2 Å². The number of aryl methyl sites for hydroxylation is 2. The van der Waals surface area contributed by atoms with E-state index in [2.05, 4.69) is 20.5 Å². The van der Waals surface area contributed by atoms with E-state index in [-0.39, 0.29) is 5.91 Å². The van der Waals surface area contributed by atoms with Crippen LogP contribution in [-0.4, -0.2) is 21.1 Å². The van der Waals surface area contributed by atoms with Gasteiger partial charge < -0.3 is 5.32 Å². The summed E-state index contributed by atoms with van der Waals surface area (Å²) in [7, 11) is 0. The highest BCUT2D eigenvalue weighted by molar-refractivity contribution is 7.19. The van der Waals surface area contributed by atoms with Crippen LogP contribution < -0.4 is 5.32 Å². The smallest absolute Gasteiger partial charge is 0.223 e. The topological polar surface area (TPSA) is 70.7 Å². The SMILES string of the molecule is CC(=O)Nc1nc2c(s1)-c1[nH]ncc1CC2. The first-order chi connectivity index (χ1) is 7.74. The summed E-state index contributed by atoms with van der Waals surface area (Å²) >= 11 is 1.50. The van der Waals surface area contributed by atoms with Crippen molar-refractivity contribution in [2.24, 2.45) is 0 Å². The van der Waals surface area contributed by atoms with Crippen molar-refractivity contribution in [1.29, 1.82) is 0 Å². The van der Waals surface area contributed by atoms with Gasteiger partial charge in [-0.05, 0) is 18.4 Å². The van der Waals surface area contributed by atoms with E-state index in [1.165, 1.54) is 23.8 Å². The lowest BCUT2D eigenvalue weighted by Crippen LogP contribution is -2.05. The molecule has 82 valence electrons. The Balaban J connectivity index is 2.05. The highest BCUT2D eigenvalue weighted by Gasteiger charge is 2.22. The number of carbonyl (C=O) groups is 1. The van der Waals surface area contributed by atoms with E-state index in [0.29, 0.717) is 5.13 Å². The van der Waals surface area contributed by atoms with Crippen LogP contribution in [0, 0.1) is 0 Å². The van der Waals surface area contributed by atoms with E-state index < -0.39 is 0 Å². The van der Waals surface area contributed by atoms with Gasteiger partial charge in [-0.3, -0.25) is 9.89 Å². The Kier molecular flexibility index (Phi) is 2.03. The maximum Gasteiger partial charge on any atom is 0.223 e. The van der Waals surface area contributed by atoms with Crippen molar-refractivity contribution in [3.8, 4) is 10.6 Å². The van der Waals surface area contributed by atoms with Crippen LogP contribution in [0.1, 0.15) is 18.2 Å². The van der Waals surface area contributed by atoms with Crippen LogP contribution in [0.15, 0.2) is 6.20 Å². The molecular formula is C10H10N4OS. The zero-order chi connectivity index (χ0) is 11.1. The number of thiazole rings is 1. The molecule has 6 heteroatoms. The molecule has 2 aromatic heterocycles. The molecule has 2 N–H and O–H groups in total. The van der Waals surface area contributed by atoms with Crippen LogP contribution in [0.3, 0.4) is 0 Å². The molecule has 0 unspecified atom stereocenters. The Labute approximate surface area is 95.9 Å². The van der Waals surface area contributed by atoms with Crippen molar-refractivity contribution in [2.45, 2.75) is 19.8 Å². The summed E-state index contributed by atoms with van der Waals surface area (Å²) in [5.74, 6) is -0.0871. The van der Waals surface area contributed by atoms with Gasteiger partial charge in [-0.25, -0.2) is 4.98 Å². The van der Waals surface area contributed by atoms with Crippen LogP contribution in [0.25, 0.3) is 10.6 Å². The monoisotopic (exact) mass is 234 g/mol. The Morgan fingerprint density at radius 2 is 2.44 bits per heavy atom. The summed E-state index contributed by atoms with van der Waals surface area (Å²) in [5, 5.41) is 10.4. The predicted octanol–water partition coefficient (Wildman–Crippen LogP) is 1.59. The number of anilines is 1. The van der Waals surface area contributed by atoms with Gasteiger partial charge in [0.05, 0.1) is 22.5 Å². The minimum absolute atomic E-state index is 0.0871. The number of fused-ring (bicyclic) bond motifs is 3. The minimum atomic E-state index is -0.0871. The summed E-state index contributed by atoms with van der Waals surface area (Å²) in [4.78, 5) is 16.5. The fraction of sp³-hybridized carbons (Fsp3) is 0.300. The highest BCUT2D eigenvalue weighted by Crippen LogP contribution is 2.37. The Morgan fingerprint density at radius 3 is 3.25 bits per heavy atom. The van der Waals surface area contributed by atoms with Gasteiger partial charge in [0.1, 0.15) is 0 Å². The van der Waals surface area contributed by atoms with E-state index in [9.17, 15) is 4.79 Å². The van der Waals surface area contributed by atoms with E-state index in [4.69, 9.17) is 0 Å². The summed E-state index contributed by atoms with van der Waals surface area (Å²) in [6.45, 7) is 1.49. The molecule has 0 atom stereocenters. The number of nitrogens with one attached hydrogen (secondary N) is 2. The summed E-state index contributed by atoms with van der Waals surface area (Å²) in [6, 6.07) is 0. The Morgan fingerprint density at radius 1 is 1.56 bits per heavy atom. The third-order valence-corrected chi connectivity index (χ3v) is 3.59. The summed E-state index contributed by atoms with van der Waals surface area (Å²) < 4.78 is 0. The molecule has 0 saturated heterocycles. The molecule has 0 aromatic carbocycles. The van der Waals surface area contributed by atoms with Crippen LogP contribution in [0.2, 0.25) is 0 Å². The van der Waals surface area contributed by atoms with E-state index in [1.807, 2.05) is 6.20 Å². The van der Waals surface area contributed by atoms with Gasteiger partial charge in [0.2, 0.25) is 5.91 Å². The van der Waals surface area contributed by atoms with Gasteiger partial charge in [0, 0.05) is 6.92 Å². The third kappa shape index (κ3) is 1.42. The number of amides is 1. The molecule has 0 aliphatic heterocycles. The summed E-state index contributed by atoms with van der Waals surface area (Å²) in [5.41, 5.74) is 3.33. The van der Waals surface area contributed by atoms with E-state index >= 15 is 0 Å². The minimum Gasteiger partial charge on any atom is -0.302 e. The normalized spacial score (nSPS) is 13.1. The first-order valence-corrected chi connectivity index (χ1v) is 5.85. The summed E-state index contributed by atoms with van der Waals surface area (Å²) in [6.07, 6.45) is 3.73. The second-order valence-corrected chi connectivity index (χ2v) is 4.75. The molecule has 3 rings (SSSR count). The molecule has 1 aliphatic rings. The predicted molar refractivity (Wildman–Crippen MR) is 61.4 cm³/mol. The van der Waals surface area contributed by atoms with E-state index in [0.717, 1.165) is 29.1 Å². The molecule has 0 radical (unpaired) electrons. The molecular weight excluding hydrogens is 224 g/mol. The van der Waals surface area contributed by atoms with Gasteiger partial charge in [-0.2, -0.15) is 5.10 Å². The molecule has 0 spiro atoms. The Hall–Kier alpha value is -1.69. The lowest BCUT2D eigenvalue weighted by Gasteiger charge is -2.08. The number of rotatable bonds is 1. The number of hydrogen-bond acceptors (Lipinski definition) is 4. The first-order valence-electron chi connectivity index (χ1n) is 5.04. The molecule has 0 fully saturated rings. The molecule has 2 heterocycles. The second kappa shape index (κ2) is 3.41. The average Bonchev–Trinajstić information content (AvgIpc) is 2.78. The molecule has 1 amide bonds. The second-order valence-electron chi connectivity index (χ2n) is 3.75. The third-order valence-electron chi connectivity index (χ3n) is 2.56. The van der Waals surface area contributed by atoms with Crippen LogP contribution in [0.5, 0.6) is 0 Å². The number of hydrogen-bond donors (Lipinski definition) is 2. The highest BCUT2D eigenvalue weighted by atomic mass is 32.1. The van der Waals surface area contributed by atoms with Gasteiger partial charge in [-0.1, -0.05) is 11.3 Å². The van der Waals surface area contributed by atoms with Crippen molar-refractivity contribution in [2.75, 3.05) is 5.32 Å². The zero-order valence-electron chi connectivity index (χ0n) is 8.70. The molecule has 16 heavy (non-hydrogen) atoms. The van der Waals surface area contributed by atoms with Gasteiger partial charge >= 0.3 is 0 Å². The van der Waals surface area contributed by atoms with Gasteiger partial charge in [0.25, 0.3) is 0 Å². The van der Waals surface area contributed by atoms with Crippen molar-refractivity contribution < 1.29 is 4.79 Å². The van der Waals surface area contributed by atoms with Gasteiger partial charge in [0.15, 0.2) is 5.13 Å². The average molecular weight is 234 g/mol. The lowest BCUT2D eigenvalue weighted by atomic mass is 10.0. The van der Waals surface area contributed by atoms with Crippen molar-refractivity contribution in [3.63, 3.8) is 0 Å². The van der Waals surface area contributed by atoms with Crippen molar-refractivity contribution >= 4 is 22.4 Å². The Bertz CT molecular complexity index is 557. The maximum absolute atomic E-state index is 11.0. The number of H-pyrrole nitrogens is 1. The molecule has 0 saturated carbocycles. The molecule has 2 aromatic rings. The molecule has 0 bridgehead atoms. The maximum atomic E-state index is 11.0. The van der Waals surface area contributed by atoms with E-state index in [1.54, 1.807) is 0 Å². The van der Waals surface area contributed by atoms with Crippen LogP contribution in [-0.2, 0) is 17.6 Å². The standard InChI is InChI=1S/C10H10N4OS/c1-5(15)12-10-13-7-3-2-6-4-11-14-8(6)9(7)16-10/h4H,2-3H2,1H3,(H,11,14)(H,12,13,15). The largest absolute Gasteiger partial charge is 0.302 e. The van der Waals surface area contributed by atoms with Gasteiger partial charge in [-0.15, -0.1) is 0 Å². The lowest BCUT2D eigenvalue weighted by molar-refractivity contribution is -0.114. The fourth-order valence-electron chi connectivity index (χ4n) is 1.87. The van der Waals surface area contributed by atoms with Crippen molar-refractivity contribution in [3.05, 3.63) is 17.5 Å². The van der Waals surface area contributed by atoms with Crippen LogP contribution in [0.4, 0.5) is 5.13 Å². The number of carbonyl (C=O) groups excluding carboxylic acids is 1. The first kappa shape index (κ1) is 9.53. The fourth-order valence-corrected chi connectivity index (χ4v) is 2.96. The van der Waals surface area contributed by atoms with Crippen LogP contribution >= 0.6 is 11.3 Å².